The number of pyridine rings is 1. The summed E-state index contributed by atoms with van der Waals surface area (Å²) in [6.45, 7) is 1.22. The van der Waals surface area contributed by atoms with Gasteiger partial charge in [0.15, 0.2) is 5.69 Å². The summed E-state index contributed by atoms with van der Waals surface area (Å²) in [5, 5.41) is 0. The topological polar surface area (TPSA) is 12.9 Å². The van der Waals surface area contributed by atoms with E-state index in [2.05, 4.69) is 4.98 Å². The summed E-state index contributed by atoms with van der Waals surface area (Å²) in [5.41, 5.74) is -1.66. The SMILES string of the molecule is Cc1c(C(F)F)cnc(C(F)(F)F)c1I. The van der Waals surface area contributed by atoms with Crippen molar-refractivity contribution >= 4 is 22.6 Å². The van der Waals surface area contributed by atoms with Gasteiger partial charge in [0.05, 0.1) is 0 Å². The lowest BCUT2D eigenvalue weighted by molar-refractivity contribution is -0.142. The maximum absolute atomic E-state index is 12.3. The highest BCUT2D eigenvalue weighted by molar-refractivity contribution is 14.1. The third-order valence-corrected chi connectivity index (χ3v) is 3.13. The molecule has 0 radical (unpaired) electrons. The van der Waals surface area contributed by atoms with Crippen LogP contribution >= 0.6 is 22.6 Å². The molecule has 1 nitrogen and oxygen atoms in total. The van der Waals surface area contributed by atoms with E-state index in [1.807, 2.05) is 0 Å². The molecule has 0 amide bonds. The van der Waals surface area contributed by atoms with Gasteiger partial charge in [-0.25, -0.2) is 8.78 Å². The highest BCUT2D eigenvalue weighted by atomic mass is 127. The van der Waals surface area contributed by atoms with E-state index in [0.29, 0.717) is 6.20 Å². The zero-order valence-electron chi connectivity index (χ0n) is 7.37. The molecule has 0 atom stereocenters. The Bertz CT molecular complexity index is 374. The zero-order chi connectivity index (χ0) is 11.8. The molecule has 0 aromatic carbocycles. The van der Waals surface area contributed by atoms with E-state index < -0.39 is 23.9 Å². The van der Waals surface area contributed by atoms with Crippen molar-refractivity contribution in [1.29, 1.82) is 0 Å². The molecule has 0 saturated heterocycles. The summed E-state index contributed by atoms with van der Waals surface area (Å²) in [6.07, 6.45) is -6.85. The van der Waals surface area contributed by atoms with Gasteiger partial charge in [-0.2, -0.15) is 13.2 Å². The van der Waals surface area contributed by atoms with Gasteiger partial charge in [-0.1, -0.05) is 0 Å². The van der Waals surface area contributed by atoms with E-state index in [9.17, 15) is 22.0 Å². The minimum absolute atomic E-state index is 0.0760. The summed E-state index contributed by atoms with van der Waals surface area (Å²) in [7, 11) is 0. The van der Waals surface area contributed by atoms with Gasteiger partial charge in [0.1, 0.15) is 0 Å². The summed E-state index contributed by atoms with van der Waals surface area (Å²) < 4.78 is 61.3. The maximum atomic E-state index is 12.3. The average Bonchev–Trinajstić information content (AvgIpc) is 2.06. The number of rotatable bonds is 1. The molecule has 1 rings (SSSR count). The predicted octanol–water partition coefficient (Wildman–Crippen LogP) is 3.95. The molecule has 84 valence electrons. The Balaban J connectivity index is 3.34. The minimum atomic E-state index is -4.61. The maximum Gasteiger partial charge on any atom is 0.434 e. The number of hydrogen-bond acceptors (Lipinski definition) is 1. The summed E-state index contributed by atoms with van der Waals surface area (Å²) in [6, 6.07) is 0. The van der Waals surface area contributed by atoms with Gasteiger partial charge in [0.25, 0.3) is 6.43 Å². The van der Waals surface area contributed by atoms with Gasteiger partial charge in [0, 0.05) is 15.3 Å². The van der Waals surface area contributed by atoms with Crippen LogP contribution in [0.3, 0.4) is 0 Å². The largest absolute Gasteiger partial charge is 0.434 e. The van der Waals surface area contributed by atoms with E-state index in [1.165, 1.54) is 29.5 Å². The van der Waals surface area contributed by atoms with Gasteiger partial charge >= 0.3 is 6.18 Å². The van der Waals surface area contributed by atoms with E-state index in [-0.39, 0.29) is 9.13 Å². The Morgan fingerprint density at radius 2 is 1.87 bits per heavy atom. The van der Waals surface area contributed by atoms with Crippen molar-refractivity contribution in [3.05, 3.63) is 26.6 Å². The first kappa shape index (κ1) is 12.6. The summed E-state index contributed by atoms with van der Waals surface area (Å²) in [5.74, 6) is 0. The minimum Gasteiger partial charge on any atom is -0.250 e. The Morgan fingerprint density at radius 1 is 1.33 bits per heavy atom. The summed E-state index contributed by atoms with van der Waals surface area (Å²) in [4.78, 5) is 3.02. The third-order valence-electron chi connectivity index (χ3n) is 1.81. The van der Waals surface area contributed by atoms with Crippen LogP contribution in [0.25, 0.3) is 0 Å². The van der Waals surface area contributed by atoms with Crippen molar-refractivity contribution in [1.82, 2.24) is 4.98 Å². The van der Waals surface area contributed by atoms with Crippen molar-refractivity contribution < 1.29 is 22.0 Å². The van der Waals surface area contributed by atoms with Crippen LogP contribution in [0, 0.1) is 10.5 Å². The predicted molar refractivity (Wildman–Crippen MR) is 51.7 cm³/mol. The molecule has 0 spiro atoms. The van der Waals surface area contributed by atoms with Gasteiger partial charge in [-0.3, -0.25) is 4.98 Å². The first-order valence-corrected chi connectivity index (χ1v) is 4.83. The highest BCUT2D eigenvalue weighted by Crippen LogP contribution is 2.35. The molecular weight excluding hydrogens is 332 g/mol. The molecule has 0 N–H and O–H groups in total. The molecule has 0 fully saturated rings. The van der Waals surface area contributed by atoms with Crippen LogP contribution in [0.5, 0.6) is 0 Å². The van der Waals surface area contributed by atoms with E-state index in [4.69, 9.17) is 0 Å². The fraction of sp³-hybridized carbons (Fsp3) is 0.375. The van der Waals surface area contributed by atoms with Crippen molar-refractivity contribution in [2.24, 2.45) is 0 Å². The van der Waals surface area contributed by atoms with E-state index >= 15 is 0 Å². The normalized spacial score (nSPS) is 12.3. The molecule has 1 aromatic rings. The Labute approximate surface area is 95.8 Å². The first-order chi connectivity index (χ1) is 6.75. The van der Waals surface area contributed by atoms with Crippen molar-refractivity contribution in [3.63, 3.8) is 0 Å². The highest BCUT2D eigenvalue weighted by Gasteiger charge is 2.36. The van der Waals surface area contributed by atoms with Crippen molar-refractivity contribution in [2.45, 2.75) is 19.5 Å². The van der Waals surface area contributed by atoms with Crippen LogP contribution in [0.4, 0.5) is 22.0 Å². The van der Waals surface area contributed by atoms with Crippen LogP contribution in [0.1, 0.15) is 23.2 Å². The molecule has 0 aliphatic rings. The molecule has 7 heteroatoms. The molecule has 0 unspecified atom stereocenters. The van der Waals surface area contributed by atoms with Gasteiger partial charge < -0.3 is 0 Å². The number of alkyl halides is 5. The van der Waals surface area contributed by atoms with Crippen LogP contribution in [-0.4, -0.2) is 4.98 Å². The van der Waals surface area contributed by atoms with Crippen LogP contribution in [0.15, 0.2) is 6.20 Å². The van der Waals surface area contributed by atoms with Crippen molar-refractivity contribution in [2.75, 3.05) is 0 Å². The second-order valence-electron chi connectivity index (χ2n) is 2.80. The van der Waals surface area contributed by atoms with Gasteiger partial charge in [-0.05, 0) is 35.1 Å². The van der Waals surface area contributed by atoms with Crippen molar-refractivity contribution in [3.8, 4) is 0 Å². The third kappa shape index (κ3) is 2.56. The second kappa shape index (κ2) is 4.18. The summed E-state index contributed by atoms with van der Waals surface area (Å²) >= 11 is 1.37. The average molecular weight is 337 g/mol. The monoisotopic (exact) mass is 337 g/mol. The lowest BCUT2D eigenvalue weighted by Gasteiger charge is -2.12. The second-order valence-corrected chi connectivity index (χ2v) is 3.88. The molecule has 1 heterocycles. The molecule has 0 aliphatic carbocycles. The van der Waals surface area contributed by atoms with Crippen LogP contribution < -0.4 is 0 Å². The molecule has 0 saturated carbocycles. The zero-order valence-corrected chi connectivity index (χ0v) is 9.53. The van der Waals surface area contributed by atoms with E-state index in [1.54, 1.807) is 0 Å². The number of aromatic nitrogens is 1. The molecule has 15 heavy (non-hydrogen) atoms. The number of halogens is 6. The Hall–Kier alpha value is -0.470. The molecule has 1 aromatic heterocycles. The van der Waals surface area contributed by atoms with E-state index in [0.717, 1.165) is 0 Å². The first-order valence-electron chi connectivity index (χ1n) is 3.75. The van der Waals surface area contributed by atoms with Gasteiger partial charge in [0.2, 0.25) is 0 Å². The molecule has 0 aliphatic heterocycles. The lowest BCUT2D eigenvalue weighted by Crippen LogP contribution is -2.12. The number of nitrogens with zero attached hydrogens (tertiary/aromatic N) is 1. The molecular formula is C8H5F5IN. The molecule has 0 bridgehead atoms. The Morgan fingerprint density at radius 3 is 2.27 bits per heavy atom. The quantitative estimate of drug-likeness (QED) is 0.559. The Kier molecular flexibility index (Phi) is 3.51. The number of hydrogen-bond donors (Lipinski definition) is 0. The lowest BCUT2D eigenvalue weighted by atomic mass is 10.1. The smallest absolute Gasteiger partial charge is 0.250 e. The van der Waals surface area contributed by atoms with Gasteiger partial charge in [-0.15, -0.1) is 0 Å². The standard InChI is InChI=1S/C8H5F5IN/c1-3-4(7(9)10)2-15-6(5(3)14)8(11,12)13/h2,7H,1H3. The fourth-order valence-corrected chi connectivity index (χ4v) is 1.77. The fourth-order valence-electron chi connectivity index (χ4n) is 1.01. The van der Waals surface area contributed by atoms with Crippen LogP contribution in [-0.2, 0) is 6.18 Å². The van der Waals surface area contributed by atoms with Crippen LogP contribution in [0.2, 0.25) is 0 Å².